The molecule has 1 rings (SSSR count). The van der Waals surface area contributed by atoms with Gasteiger partial charge in [-0.25, -0.2) is 0 Å². The molecule has 0 aromatic heterocycles. The topological polar surface area (TPSA) is 30.5 Å². The van der Waals surface area contributed by atoms with Crippen LogP contribution in [0.4, 0.5) is 0 Å². The Morgan fingerprint density at radius 3 is 2.86 bits per heavy atom. The minimum absolute atomic E-state index is 0.413. The van der Waals surface area contributed by atoms with Crippen molar-refractivity contribution >= 4 is 11.8 Å². The second-order valence-corrected chi connectivity index (χ2v) is 6.22. The molecule has 0 bridgehead atoms. The van der Waals surface area contributed by atoms with Crippen LogP contribution in [0.1, 0.15) is 38.3 Å². The summed E-state index contributed by atoms with van der Waals surface area (Å²) >= 11 is 1.86. The lowest BCUT2D eigenvalue weighted by Gasteiger charge is -2.14. The van der Waals surface area contributed by atoms with Gasteiger partial charge in [-0.05, 0) is 44.0 Å². The summed E-state index contributed by atoms with van der Waals surface area (Å²) in [6.07, 6.45) is 2.14. The van der Waals surface area contributed by atoms with Crippen molar-refractivity contribution in [3.8, 4) is 0 Å². The van der Waals surface area contributed by atoms with Crippen molar-refractivity contribution in [1.29, 1.82) is 0 Å². The maximum absolute atomic E-state index is 5.58. The predicted molar refractivity (Wildman–Crippen MR) is 91.2 cm³/mol. The van der Waals surface area contributed by atoms with Crippen molar-refractivity contribution < 1.29 is 9.47 Å². The average Bonchev–Trinajstić information content (AvgIpc) is 2.52. The van der Waals surface area contributed by atoms with Crippen LogP contribution in [0.15, 0.2) is 29.2 Å². The van der Waals surface area contributed by atoms with E-state index in [0.717, 1.165) is 38.5 Å². The summed E-state index contributed by atoms with van der Waals surface area (Å²) in [4.78, 5) is 1.32. The minimum Gasteiger partial charge on any atom is -0.385 e. The van der Waals surface area contributed by atoms with Crippen LogP contribution in [-0.4, -0.2) is 39.2 Å². The highest BCUT2D eigenvalue weighted by Gasteiger charge is 2.05. The number of hydrogen-bond acceptors (Lipinski definition) is 4. The van der Waals surface area contributed by atoms with Gasteiger partial charge in [-0.3, -0.25) is 0 Å². The van der Waals surface area contributed by atoms with E-state index in [2.05, 4.69) is 43.4 Å². The van der Waals surface area contributed by atoms with Gasteiger partial charge in [0.1, 0.15) is 0 Å². The lowest BCUT2D eigenvalue weighted by atomic mass is 10.1. The normalized spacial score (nSPS) is 12.5. The number of benzene rings is 1. The van der Waals surface area contributed by atoms with Gasteiger partial charge in [-0.2, -0.15) is 0 Å². The summed E-state index contributed by atoms with van der Waals surface area (Å²) in [5, 5.41) is 3.53. The third kappa shape index (κ3) is 8.47. The van der Waals surface area contributed by atoms with Crippen molar-refractivity contribution in [2.75, 3.05) is 39.2 Å². The molecule has 0 aliphatic carbocycles. The summed E-state index contributed by atoms with van der Waals surface area (Å²) in [7, 11) is 1.72. The van der Waals surface area contributed by atoms with Crippen molar-refractivity contribution in [1.82, 2.24) is 5.32 Å². The Kier molecular flexibility index (Phi) is 10.6. The van der Waals surface area contributed by atoms with Gasteiger partial charge in [0.25, 0.3) is 0 Å². The molecule has 0 saturated heterocycles. The monoisotopic (exact) mass is 311 g/mol. The first-order valence-electron chi connectivity index (χ1n) is 7.80. The molecule has 3 nitrogen and oxygen atoms in total. The van der Waals surface area contributed by atoms with Gasteiger partial charge in [-0.15, -0.1) is 11.8 Å². The van der Waals surface area contributed by atoms with E-state index < -0.39 is 0 Å². The zero-order valence-corrected chi connectivity index (χ0v) is 14.4. The van der Waals surface area contributed by atoms with Crippen LogP contribution < -0.4 is 5.32 Å². The summed E-state index contributed by atoms with van der Waals surface area (Å²) in [5.41, 5.74) is 1.36. The lowest BCUT2D eigenvalue weighted by Crippen LogP contribution is -2.19. The fourth-order valence-electron chi connectivity index (χ4n) is 1.98. The zero-order chi connectivity index (χ0) is 15.3. The number of methoxy groups -OCH3 is 1. The van der Waals surface area contributed by atoms with Gasteiger partial charge in [0.05, 0.1) is 6.61 Å². The van der Waals surface area contributed by atoms with Crippen LogP contribution in [-0.2, 0) is 9.47 Å². The molecule has 120 valence electrons. The summed E-state index contributed by atoms with van der Waals surface area (Å²) in [6.45, 7) is 7.83. The van der Waals surface area contributed by atoms with Crippen LogP contribution in [0.25, 0.3) is 0 Å². The molecule has 1 aromatic carbocycles. The van der Waals surface area contributed by atoms with Gasteiger partial charge in [-0.1, -0.05) is 19.1 Å². The van der Waals surface area contributed by atoms with Crippen molar-refractivity contribution in [3.05, 3.63) is 29.8 Å². The zero-order valence-electron chi connectivity index (χ0n) is 13.6. The number of nitrogens with one attached hydrogen (secondary N) is 1. The van der Waals surface area contributed by atoms with Crippen molar-refractivity contribution in [3.63, 3.8) is 0 Å². The van der Waals surface area contributed by atoms with Gasteiger partial charge < -0.3 is 14.8 Å². The molecule has 1 atom stereocenters. The number of rotatable bonds is 12. The fourth-order valence-corrected chi connectivity index (χ4v) is 2.81. The highest BCUT2D eigenvalue weighted by molar-refractivity contribution is 7.99. The first kappa shape index (κ1) is 18.5. The van der Waals surface area contributed by atoms with Crippen LogP contribution in [0.3, 0.4) is 0 Å². The second-order valence-electron chi connectivity index (χ2n) is 5.06. The highest BCUT2D eigenvalue weighted by Crippen LogP contribution is 2.22. The highest BCUT2D eigenvalue weighted by atomic mass is 32.2. The third-order valence-corrected chi connectivity index (χ3v) is 4.15. The molecule has 0 aliphatic heterocycles. The summed E-state index contributed by atoms with van der Waals surface area (Å²) in [6, 6.07) is 9.20. The molecule has 0 amide bonds. The minimum atomic E-state index is 0.413. The Morgan fingerprint density at radius 1 is 1.24 bits per heavy atom. The van der Waals surface area contributed by atoms with E-state index in [-0.39, 0.29) is 0 Å². The van der Waals surface area contributed by atoms with E-state index in [0.29, 0.717) is 6.04 Å². The van der Waals surface area contributed by atoms with E-state index in [1.54, 1.807) is 7.11 Å². The van der Waals surface area contributed by atoms with Crippen LogP contribution >= 0.6 is 11.8 Å². The molecule has 1 aromatic rings. The second kappa shape index (κ2) is 12.0. The largest absolute Gasteiger partial charge is 0.385 e. The smallest absolute Gasteiger partial charge is 0.0560 e. The summed E-state index contributed by atoms with van der Waals surface area (Å²) < 4.78 is 10.6. The Hall–Kier alpha value is -0.550. The lowest BCUT2D eigenvalue weighted by molar-refractivity contribution is 0.113. The van der Waals surface area contributed by atoms with E-state index >= 15 is 0 Å². The number of hydrogen-bond donors (Lipinski definition) is 1. The molecule has 0 aliphatic rings. The molecule has 1 N–H and O–H groups in total. The SMILES string of the molecule is CCCNC(C)c1cccc(SCCOCCCOC)c1. The van der Waals surface area contributed by atoms with Crippen LogP contribution in [0, 0.1) is 0 Å². The van der Waals surface area contributed by atoms with E-state index in [9.17, 15) is 0 Å². The molecule has 0 saturated carbocycles. The van der Waals surface area contributed by atoms with Gasteiger partial charge in [0.2, 0.25) is 0 Å². The maximum Gasteiger partial charge on any atom is 0.0560 e. The van der Waals surface area contributed by atoms with Crippen molar-refractivity contribution in [2.24, 2.45) is 0 Å². The standard InChI is InChI=1S/C17H29NO2S/c1-4-9-18-15(2)16-7-5-8-17(14-16)21-13-12-20-11-6-10-19-3/h5,7-8,14-15,18H,4,6,9-13H2,1-3H3. The maximum atomic E-state index is 5.58. The first-order chi connectivity index (χ1) is 10.3. The Morgan fingerprint density at radius 2 is 2.10 bits per heavy atom. The van der Waals surface area contributed by atoms with Crippen molar-refractivity contribution in [2.45, 2.75) is 37.6 Å². The quantitative estimate of drug-likeness (QED) is 0.468. The molecular formula is C17H29NO2S. The Balaban J connectivity index is 2.26. The molecule has 0 spiro atoms. The molecule has 4 heteroatoms. The fraction of sp³-hybridized carbons (Fsp3) is 0.647. The molecule has 1 unspecified atom stereocenters. The third-order valence-electron chi connectivity index (χ3n) is 3.19. The Bertz CT molecular complexity index is 374. The van der Waals surface area contributed by atoms with Gasteiger partial charge >= 0.3 is 0 Å². The average molecular weight is 311 g/mol. The molecular weight excluding hydrogens is 282 g/mol. The predicted octanol–water partition coefficient (Wildman–Crippen LogP) is 3.89. The van der Waals surface area contributed by atoms with E-state index in [4.69, 9.17) is 9.47 Å². The molecule has 21 heavy (non-hydrogen) atoms. The molecule has 0 radical (unpaired) electrons. The number of thioether (sulfide) groups is 1. The van der Waals surface area contributed by atoms with E-state index in [1.165, 1.54) is 16.9 Å². The summed E-state index contributed by atoms with van der Waals surface area (Å²) in [5.74, 6) is 0.993. The van der Waals surface area contributed by atoms with Gasteiger partial charge in [0.15, 0.2) is 0 Å². The van der Waals surface area contributed by atoms with E-state index in [1.807, 2.05) is 11.8 Å². The molecule has 0 fully saturated rings. The first-order valence-corrected chi connectivity index (χ1v) is 8.79. The van der Waals surface area contributed by atoms with Crippen LogP contribution in [0.5, 0.6) is 0 Å². The Labute approximate surface area is 133 Å². The molecule has 0 heterocycles. The number of ether oxygens (including phenoxy) is 2. The van der Waals surface area contributed by atoms with Gasteiger partial charge in [0, 0.05) is 37.0 Å². The van der Waals surface area contributed by atoms with Crippen LogP contribution in [0.2, 0.25) is 0 Å².